The molecule has 6 rings (SSSR count). The third kappa shape index (κ3) is 3.00. The molecule has 0 aromatic heterocycles. The Bertz CT molecular complexity index is 1090. The summed E-state index contributed by atoms with van der Waals surface area (Å²) in [6, 6.07) is 5.18. The molecule has 168 valence electrons. The van der Waals surface area contributed by atoms with E-state index < -0.39 is 50.5 Å². The van der Waals surface area contributed by atoms with Crippen molar-refractivity contribution in [2.75, 3.05) is 0 Å². The lowest BCUT2D eigenvalue weighted by Crippen LogP contribution is -2.69. The van der Waals surface area contributed by atoms with Gasteiger partial charge >= 0.3 is 27.3 Å². The molecular formula is C19H17F2IO8S. The Morgan fingerprint density at radius 1 is 1.19 bits per heavy atom. The highest BCUT2D eigenvalue weighted by Gasteiger charge is 2.69. The van der Waals surface area contributed by atoms with E-state index in [0.29, 0.717) is 34.1 Å². The quantitative estimate of drug-likeness (QED) is 0.335. The minimum Gasteiger partial charge on any atom is -0.454 e. The summed E-state index contributed by atoms with van der Waals surface area (Å²) in [6.45, 7) is 0. The maximum atomic E-state index is 13.8. The molecule has 1 spiro atoms. The lowest BCUT2D eigenvalue weighted by molar-refractivity contribution is -0.309. The molecule has 0 saturated heterocycles. The van der Waals surface area contributed by atoms with Crippen LogP contribution >= 0.6 is 22.6 Å². The van der Waals surface area contributed by atoms with E-state index >= 15 is 0 Å². The molecule has 0 amide bonds. The Labute approximate surface area is 189 Å². The van der Waals surface area contributed by atoms with Crippen LogP contribution in [0.1, 0.15) is 42.5 Å². The van der Waals surface area contributed by atoms with Gasteiger partial charge in [-0.25, -0.2) is 9.59 Å². The zero-order valence-electron chi connectivity index (χ0n) is 15.8. The molecular weight excluding hydrogens is 553 g/mol. The van der Waals surface area contributed by atoms with Gasteiger partial charge in [0.25, 0.3) is 5.79 Å². The van der Waals surface area contributed by atoms with Crippen molar-refractivity contribution in [2.45, 2.75) is 48.7 Å². The Hall–Kier alpha value is -1.54. The highest BCUT2D eigenvalue weighted by atomic mass is 127. The fourth-order valence-electron chi connectivity index (χ4n) is 5.85. The number of halogens is 3. The summed E-state index contributed by atoms with van der Waals surface area (Å²) in [5.41, 5.74) is -0.995. The maximum absolute atomic E-state index is 13.8. The van der Waals surface area contributed by atoms with Gasteiger partial charge in [-0.15, -0.1) is 0 Å². The van der Waals surface area contributed by atoms with Crippen LogP contribution in [0.5, 0.6) is 5.75 Å². The fraction of sp³-hybridized carbons (Fsp3) is 0.579. The lowest BCUT2D eigenvalue weighted by Gasteiger charge is -2.63. The van der Waals surface area contributed by atoms with Crippen molar-refractivity contribution in [1.82, 2.24) is 0 Å². The minimum atomic E-state index is -5.96. The molecule has 2 atom stereocenters. The smallest absolute Gasteiger partial charge is 0.454 e. The number of carbonyl (C=O) groups excluding carboxylic acids is 2. The number of ether oxygens (including phenoxy) is 3. The highest BCUT2D eigenvalue weighted by Crippen LogP contribution is 2.63. The number of rotatable bonds is 3. The zero-order valence-corrected chi connectivity index (χ0v) is 18.8. The van der Waals surface area contributed by atoms with E-state index in [1.54, 1.807) is 18.2 Å². The van der Waals surface area contributed by atoms with Gasteiger partial charge in [-0.2, -0.15) is 17.2 Å². The standard InChI is InChI=1S/C19H17F2IO8S/c20-19(21,31(25,26)27)16(24)30-17-6-9-4-10(7-17)18(11(5-9)8-17)28-13-3-1-2-12(22)14(13)15(23)29-18/h1-3,9-11H,4-8H2,(H,25,26,27). The zero-order chi connectivity index (χ0) is 22.4. The van der Waals surface area contributed by atoms with Crippen molar-refractivity contribution >= 4 is 44.6 Å². The molecule has 2 unspecified atom stereocenters. The molecule has 1 N–H and O–H groups in total. The lowest BCUT2D eigenvalue weighted by atomic mass is 9.51. The van der Waals surface area contributed by atoms with Gasteiger partial charge in [-0.1, -0.05) is 6.07 Å². The number of alkyl halides is 2. The van der Waals surface area contributed by atoms with Gasteiger partial charge < -0.3 is 14.2 Å². The highest BCUT2D eigenvalue weighted by molar-refractivity contribution is 14.1. The molecule has 5 aliphatic rings. The van der Waals surface area contributed by atoms with Gasteiger partial charge in [-0.05, 0) is 72.7 Å². The van der Waals surface area contributed by atoms with Gasteiger partial charge in [0.1, 0.15) is 16.9 Å². The molecule has 1 aliphatic heterocycles. The van der Waals surface area contributed by atoms with E-state index in [1.165, 1.54) is 0 Å². The monoisotopic (exact) mass is 570 g/mol. The van der Waals surface area contributed by atoms with Gasteiger partial charge in [0, 0.05) is 15.4 Å². The first-order chi connectivity index (χ1) is 14.4. The SMILES string of the molecule is O=C1OC2(Oc3cccc(I)c31)C1CC3CC2CC(OC(=O)C(F)(F)S(=O)(=O)O)(C3)C1. The first-order valence-corrected chi connectivity index (χ1v) is 12.2. The van der Waals surface area contributed by atoms with E-state index in [4.69, 9.17) is 18.8 Å². The summed E-state index contributed by atoms with van der Waals surface area (Å²) in [5, 5.41) is -5.06. The second kappa shape index (κ2) is 6.50. The Morgan fingerprint density at radius 3 is 2.45 bits per heavy atom. The van der Waals surface area contributed by atoms with Crippen LogP contribution in [-0.4, -0.2) is 41.6 Å². The first-order valence-electron chi connectivity index (χ1n) is 9.66. The van der Waals surface area contributed by atoms with Crippen LogP contribution in [0.15, 0.2) is 18.2 Å². The topological polar surface area (TPSA) is 116 Å². The molecule has 4 saturated carbocycles. The van der Waals surface area contributed by atoms with Crippen LogP contribution in [0.3, 0.4) is 0 Å². The molecule has 1 heterocycles. The second-order valence-corrected chi connectivity index (χ2v) is 11.4. The van der Waals surface area contributed by atoms with Crippen LogP contribution in [0.25, 0.3) is 0 Å². The molecule has 1 aromatic rings. The van der Waals surface area contributed by atoms with Crippen molar-refractivity contribution in [3.63, 3.8) is 0 Å². The third-order valence-corrected chi connectivity index (χ3v) is 8.56. The average molecular weight is 570 g/mol. The average Bonchev–Trinajstić information content (AvgIpc) is 2.64. The predicted molar refractivity (Wildman–Crippen MR) is 107 cm³/mol. The summed E-state index contributed by atoms with van der Waals surface area (Å²) >= 11 is 2.01. The van der Waals surface area contributed by atoms with E-state index in [9.17, 15) is 26.8 Å². The van der Waals surface area contributed by atoms with Crippen molar-refractivity contribution in [2.24, 2.45) is 17.8 Å². The largest absolute Gasteiger partial charge is 0.465 e. The second-order valence-electron chi connectivity index (χ2n) is 8.73. The summed E-state index contributed by atoms with van der Waals surface area (Å²) in [5.74, 6) is -4.53. The fourth-order valence-corrected chi connectivity index (χ4v) is 6.80. The molecule has 8 nitrogen and oxygen atoms in total. The number of benzene rings is 1. The van der Waals surface area contributed by atoms with Crippen LogP contribution in [0, 0.1) is 21.3 Å². The molecule has 4 aliphatic carbocycles. The molecule has 4 fully saturated rings. The number of hydrogen-bond donors (Lipinski definition) is 1. The minimum absolute atomic E-state index is 0.0230. The van der Waals surface area contributed by atoms with Crippen LogP contribution < -0.4 is 4.74 Å². The van der Waals surface area contributed by atoms with Crippen molar-refractivity contribution in [3.8, 4) is 5.75 Å². The maximum Gasteiger partial charge on any atom is 0.465 e. The van der Waals surface area contributed by atoms with E-state index in [1.807, 2.05) is 22.6 Å². The summed E-state index contributed by atoms with van der Waals surface area (Å²) < 4.78 is 76.0. The Balaban J connectivity index is 1.46. The van der Waals surface area contributed by atoms with E-state index in [0.717, 1.165) is 0 Å². The molecule has 31 heavy (non-hydrogen) atoms. The molecule has 0 radical (unpaired) electrons. The number of fused-ring (bicyclic) bond motifs is 1. The predicted octanol–water partition coefficient (Wildman–Crippen LogP) is 3.14. The summed E-state index contributed by atoms with van der Waals surface area (Å²) in [4.78, 5) is 24.8. The van der Waals surface area contributed by atoms with Gasteiger partial charge in [0.15, 0.2) is 0 Å². The van der Waals surface area contributed by atoms with Crippen molar-refractivity contribution in [1.29, 1.82) is 0 Å². The van der Waals surface area contributed by atoms with Gasteiger partial charge in [0.2, 0.25) is 0 Å². The molecule has 4 bridgehead atoms. The number of esters is 2. The normalized spacial score (nSPS) is 36.0. The summed E-state index contributed by atoms with van der Waals surface area (Å²) in [7, 11) is -5.96. The third-order valence-electron chi connectivity index (χ3n) is 6.84. The first kappa shape index (κ1) is 21.3. The van der Waals surface area contributed by atoms with Gasteiger partial charge in [-0.3, -0.25) is 4.55 Å². The van der Waals surface area contributed by atoms with E-state index in [-0.39, 0.29) is 18.8 Å². The van der Waals surface area contributed by atoms with Crippen molar-refractivity contribution in [3.05, 3.63) is 27.3 Å². The Morgan fingerprint density at radius 2 is 1.84 bits per heavy atom. The number of carbonyl (C=O) groups is 2. The van der Waals surface area contributed by atoms with Crippen LogP contribution in [0.2, 0.25) is 0 Å². The van der Waals surface area contributed by atoms with Crippen molar-refractivity contribution < 1.29 is 45.6 Å². The van der Waals surface area contributed by atoms with Gasteiger partial charge in [0.05, 0.1) is 0 Å². The van der Waals surface area contributed by atoms with Crippen LogP contribution in [-0.2, 0) is 24.4 Å². The van der Waals surface area contributed by atoms with Crippen LogP contribution in [0.4, 0.5) is 8.78 Å². The Kier molecular flexibility index (Phi) is 4.47. The molecule has 12 heteroatoms. The number of hydrogen-bond acceptors (Lipinski definition) is 7. The summed E-state index contributed by atoms with van der Waals surface area (Å²) in [6.07, 6.45) is 1.65. The molecule has 1 aromatic carbocycles. The van der Waals surface area contributed by atoms with E-state index in [2.05, 4.69) is 0 Å².